The van der Waals surface area contributed by atoms with Gasteiger partial charge in [0.1, 0.15) is 6.79 Å². The van der Waals surface area contributed by atoms with E-state index >= 15 is 0 Å². The van der Waals surface area contributed by atoms with Crippen LogP contribution in [0, 0.1) is 5.41 Å². The van der Waals surface area contributed by atoms with Crippen molar-refractivity contribution in [1.82, 2.24) is 0 Å². The van der Waals surface area contributed by atoms with Crippen molar-refractivity contribution in [1.29, 1.82) is 0 Å². The summed E-state index contributed by atoms with van der Waals surface area (Å²) in [5, 5.41) is 14.3. The van der Waals surface area contributed by atoms with Gasteiger partial charge in [0.25, 0.3) is 0 Å². The van der Waals surface area contributed by atoms with Gasteiger partial charge in [-0.3, -0.25) is 0 Å². The molecule has 0 amide bonds. The Labute approximate surface area is 235 Å². The monoisotopic (exact) mass is 532 g/mol. The zero-order chi connectivity index (χ0) is 28.2. The van der Waals surface area contributed by atoms with Crippen molar-refractivity contribution in [3.8, 4) is 11.1 Å². The van der Waals surface area contributed by atoms with Crippen LogP contribution in [0.3, 0.4) is 0 Å². The summed E-state index contributed by atoms with van der Waals surface area (Å²) < 4.78 is 10.5. The van der Waals surface area contributed by atoms with Crippen LogP contribution in [0.5, 0.6) is 0 Å². The maximum Gasteiger partial charge on any atom is 0.336 e. The third kappa shape index (κ3) is 4.46. The van der Waals surface area contributed by atoms with Gasteiger partial charge in [0.2, 0.25) is 0 Å². The Morgan fingerprint density at radius 1 is 0.925 bits per heavy atom. The lowest BCUT2D eigenvalue weighted by Crippen LogP contribution is -2.27. The summed E-state index contributed by atoms with van der Waals surface area (Å²) in [6, 6.07) is 20.9. The van der Waals surface area contributed by atoms with Gasteiger partial charge < -0.3 is 14.6 Å². The first-order valence-corrected chi connectivity index (χ1v) is 13.9. The second-order valence-electron chi connectivity index (χ2n) is 12.6. The highest BCUT2D eigenvalue weighted by Gasteiger charge is 2.36. The first-order valence-electron chi connectivity index (χ1n) is 13.9. The molecule has 6 rings (SSSR count). The van der Waals surface area contributed by atoms with Gasteiger partial charge in [-0.15, -0.1) is 0 Å². The normalized spacial score (nSPS) is 17.2. The largest absolute Gasteiger partial charge is 0.478 e. The average Bonchev–Trinajstić information content (AvgIpc) is 2.90. The van der Waals surface area contributed by atoms with Crippen LogP contribution in [-0.4, -0.2) is 25.0 Å². The summed E-state index contributed by atoms with van der Waals surface area (Å²) in [5.74, 6) is -0.960. The molecule has 4 heteroatoms. The number of rotatable bonds is 6. The molecular weight excluding hydrogens is 496 g/mol. The van der Waals surface area contributed by atoms with Crippen molar-refractivity contribution in [2.24, 2.45) is 5.41 Å². The maximum atomic E-state index is 12.6. The number of carboxylic acids is 1. The summed E-state index contributed by atoms with van der Waals surface area (Å²) in [5.41, 5.74) is 8.74. The number of ether oxygens (including phenoxy) is 2. The van der Waals surface area contributed by atoms with E-state index in [0.29, 0.717) is 5.56 Å². The van der Waals surface area contributed by atoms with Crippen LogP contribution in [0.4, 0.5) is 0 Å². The van der Waals surface area contributed by atoms with Crippen LogP contribution in [0.25, 0.3) is 38.2 Å². The molecule has 0 spiro atoms. The predicted molar refractivity (Wildman–Crippen MR) is 163 cm³/mol. The quantitative estimate of drug-likeness (QED) is 0.199. The first kappa shape index (κ1) is 26.5. The van der Waals surface area contributed by atoms with E-state index in [1.165, 1.54) is 27.5 Å². The van der Waals surface area contributed by atoms with Gasteiger partial charge in [0.15, 0.2) is 0 Å². The molecule has 0 unspecified atom stereocenters. The Kier molecular flexibility index (Phi) is 6.44. The van der Waals surface area contributed by atoms with E-state index in [2.05, 4.69) is 70.2 Å². The van der Waals surface area contributed by atoms with Crippen LogP contribution in [-0.2, 0) is 21.5 Å². The van der Waals surface area contributed by atoms with Gasteiger partial charge >= 0.3 is 5.97 Å². The summed E-state index contributed by atoms with van der Waals surface area (Å²) in [6.45, 7) is 9.64. The maximum absolute atomic E-state index is 12.6. The second kappa shape index (κ2) is 9.72. The van der Waals surface area contributed by atoms with Crippen LogP contribution in [0.1, 0.15) is 67.6 Å². The smallest absolute Gasteiger partial charge is 0.336 e. The molecule has 4 nitrogen and oxygen atoms in total. The standard InChI is InChI=1S/C36H36O4/c1-35(2)16-15-27-26(18-35)19-36(3,4)33-29-13-11-23(17-24(29)12-14-30(27)33)28-8-6-7-22-9-10-25(20-40-21-39-5)32(31(22)28)34(37)38/h6-17H,18-21H2,1-5H3,(H,37,38). The minimum Gasteiger partial charge on any atom is -0.478 e. The minimum absolute atomic E-state index is 0.0173. The molecule has 2 aliphatic rings. The molecule has 0 bridgehead atoms. The van der Waals surface area contributed by atoms with Gasteiger partial charge in [0.05, 0.1) is 12.2 Å². The lowest BCUT2D eigenvalue weighted by Gasteiger charge is -2.40. The van der Waals surface area contributed by atoms with Gasteiger partial charge in [-0.1, -0.05) is 100 Å². The molecule has 2 aliphatic carbocycles. The molecule has 0 saturated heterocycles. The van der Waals surface area contributed by atoms with E-state index in [9.17, 15) is 9.90 Å². The molecule has 204 valence electrons. The van der Waals surface area contributed by atoms with Crippen LogP contribution >= 0.6 is 0 Å². The molecular formula is C36H36O4. The fraction of sp³-hybridized carbons (Fsp3) is 0.306. The molecule has 0 fully saturated rings. The SMILES string of the molecule is COCOCc1ccc2cccc(-c3ccc4c5c(ccc4c3)C3=C(CC(C)(C)C=C3)CC5(C)C)c2c1C(=O)O. The van der Waals surface area contributed by atoms with Crippen LogP contribution < -0.4 is 0 Å². The molecule has 1 N–H and O–H groups in total. The Hall–Kier alpha value is -3.73. The number of methoxy groups -OCH3 is 1. The van der Waals surface area contributed by atoms with Crippen molar-refractivity contribution in [2.45, 2.75) is 52.6 Å². The fourth-order valence-corrected chi connectivity index (χ4v) is 6.90. The minimum atomic E-state index is -0.960. The van der Waals surface area contributed by atoms with Gasteiger partial charge in [-0.2, -0.15) is 0 Å². The molecule has 0 heterocycles. The number of aromatic carboxylic acids is 1. The summed E-state index contributed by atoms with van der Waals surface area (Å²) in [7, 11) is 1.55. The Morgan fingerprint density at radius 3 is 2.50 bits per heavy atom. The number of fused-ring (bicyclic) bond motifs is 5. The number of carbonyl (C=O) groups is 1. The summed E-state index contributed by atoms with van der Waals surface area (Å²) in [6.07, 6.45) is 6.86. The van der Waals surface area contributed by atoms with Crippen LogP contribution in [0.15, 0.2) is 78.4 Å². The average molecular weight is 533 g/mol. The van der Waals surface area contributed by atoms with Crippen molar-refractivity contribution in [2.75, 3.05) is 13.9 Å². The lowest BCUT2D eigenvalue weighted by atomic mass is 9.64. The molecule has 4 aromatic rings. The summed E-state index contributed by atoms with van der Waals surface area (Å²) >= 11 is 0. The molecule has 40 heavy (non-hydrogen) atoms. The second-order valence-corrected chi connectivity index (χ2v) is 12.6. The van der Waals surface area contributed by atoms with Crippen molar-refractivity contribution < 1.29 is 19.4 Å². The number of allylic oxidation sites excluding steroid dienone is 4. The number of hydrogen-bond donors (Lipinski definition) is 1. The fourth-order valence-electron chi connectivity index (χ4n) is 6.90. The van der Waals surface area contributed by atoms with Crippen molar-refractivity contribution >= 4 is 33.1 Å². The molecule has 0 radical (unpaired) electrons. The zero-order valence-corrected chi connectivity index (χ0v) is 23.9. The van der Waals surface area contributed by atoms with E-state index in [1.54, 1.807) is 12.7 Å². The zero-order valence-electron chi connectivity index (χ0n) is 23.9. The van der Waals surface area contributed by atoms with E-state index in [-0.39, 0.29) is 29.8 Å². The first-order chi connectivity index (χ1) is 19.1. The van der Waals surface area contributed by atoms with Gasteiger partial charge in [-0.05, 0) is 79.3 Å². The Balaban J connectivity index is 1.52. The van der Waals surface area contributed by atoms with Gasteiger partial charge in [0, 0.05) is 12.5 Å². The van der Waals surface area contributed by atoms with E-state index in [0.717, 1.165) is 34.7 Å². The Morgan fingerprint density at radius 2 is 1.73 bits per heavy atom. The molecule has 0 aromatic heterocycles. The number of benzene rings is 4. The molecule has 0 atom stereocenters. The molecule has 0 aliphatic heterocycles. The highest BCUT2D eigenvalue weighted by molar-refractivity contribution is 6.12. The topological polar surface area (TPSA) is 55.8 Å². The third-order valence-electron chi connectivity index (χ3n) is 8.51. The summed E-state index contributed by atoms with van der Waals surface area (Å²) in [4.78, 5) is 12.6. The van der Waals surface area contributed by atoms with Gasteiger partial charge in [-0.25, -0.2) is 4.79 Å². The predicted octanol–water partition coefficient (Wildman–Crippen LogP) is 8.90. The highest BCUT2D eigenvalue weighted by Crippen LogP contribution is 2.51. The Bertz CT molecular complexity index is 1740. The highest BCUT2D eigenvalue weighted by atomic mass is 16.7. The number of hydrogen-bond acceptors (Lipinski definition) is 3. The lowest BCUT2D eigenvalue weighted by molar-refractivity contribution is -0.0392. The number of carboxylic acid groups (broad SMARTS) is 1. The molecule has 4 aromatic carbocycles. The van der Waals surface area contributed by atoms with Crippen molar-refractivity contribution in [3.05, 3.63) is 101 Å². The van der Waals surface area contributed by atoms with Crippen LogP contribution in [0.2, 0.25) is 0 Å². The molecule has 0 saturated carbocycles. The van der Waals surface area contributed by atoms with E-state index < -0.39 is 5.97 Å². The van der Waals surface area contributed by atoms with E-state index in [1.807, 2.05) is 30.3 Å². The third-order valence-corrected chi connectivity index (χ3v) is 8.51. The van der Waals surface area contributed by atoms with Crippen molar-refractivity contribution in [3.63, 3.8) is 0 Å². The van der Waals surface area contributed by atoms with E-state index in [4.69, 9.17) is 9.47 Å².